The van der Waals surface area contributed by atoms with E-state index < -0.39 is 0 Å². The minimum atomic E-state index is 0.103. The van der Waals surface area contributed by atoms with Crippen LogP contribution in [0.25, 0.3) is 0 Å². The van der Waals surface area contributed by atoms with Gasteiger partial charge in [-0.3, -0.25) is 5.10 Å². The van der Waals surface area contributed by atoms with Gasteiger partial charge in [0.1, 0.15) is 12.1 Å². The number of rotatable bonds is 5. The summed E-state index contributed by atoms with van der Waals surface area (Å²) < 4.78 is 5.48. The van der Waals surface area contributed by atoms with Gasteiger partial charge in [-0.05, 0) is 13.8 Å². The van der Waals surface area contributed by atoms with E-state index in [4.69, 9.17) is 4.74 Å². The van der Waals surface area contributed by atoms with Crippen molar-refractivity contribution in [3.8, 4) is 5.88 Å². The number of nitrogens with zero attached hydrogens (tertiary/aromatic N) is 3. The lowest BCUT2D eigenvalue weighted by atomic mass is 10.3. The summed E-state index contributed by atoms with van der Waals surface area (Å²) >= 11 is 0. The lowest BCUT2D eigenvalue weighted by molar-refractivity contribution is 0.232. The molecular weight excluding hydrogens is 218 g/mol. The Balaban J connectivity index is 1.96. The first-order valence-electron chi connectivity index (χ1n) is 5.44. The van der Waals surface area contributed by atoms with Crippen LogP contribution in [0.4, 0.5) is 5.82 Å². The fourth-order valence-corrected chi connectivity index (χ4v) is 1.31. The van der Waals surface area contributed by atoms with Gasteiger partial charge in [-0.25, -0.2) is 9.97 Å². The molecule has 0 radical (unpaired) electrons. The zero-order valence-electron chi connectivity index (χ0n) is 9.84. The Hall–Kier alpha value is -2.11. The summed E-state index contributed by atoms with van der Waals surface area (Å²) in [5.41, 5.74) is 1.06. The average Bonchev–Trinajstić information content (AvgIpc) is 2.79. The van der Waals surface area contributed by atoms with Gasteiger partial charge in [-0.1, -0.05) is 0 Å². The Bertz CT molecular complexity index is 455. The number of hydrogen-bond donors (Lipinski definition) is 2. The molecule has 6 nitrogen and oxygen atoms in total. The molecule has 0 aliphatic heterocycles. The summed E-state index contributed by atoms with van der Waals surface area (Å²) in [4.78, 5) is 8.15. The summed E-state index contributed by atoms with van der Waals surface area (Å²) in [5, 5.41) is 9.79. The summed E-state index contributed by atoms with van der Waals surface area (Å²) in [6.07, 6.45) is 5.18. The van der Waals surface area contributed by atoms with Crippen molar-refractivity contribution in [2.75, 3.05) is 5.32 Å². The zero-order valence-corrected chi connectivity index (χ0v) is 9.84. The molecule has 6 heteroatoms. The second-order valence-electron chi connectivity index (χ2n) is 3.87. The van der Waals surface area contributed by atoms with Gasteiger partial charge in [0, 0.05) is 24.4 Å². The third-order valence-electron chi connectivity index (χ3n) is 2.03. The second-order valence-corrected chi connectivity index (χ2v) is 3.87. The summed E-state index contributed by atoms with van der Waals surface area (Å²) in [6.45, 7) is 4.58. The van der Waals surface area contributed by atoms with Crippen LogP contribution in [0.2, 0.25) is 0 Å². The lowest BCUT2D eigenvalue weighted by Gasteiger charge is -2.09. The smallest absolute Gasteiger partial charge is 0.218 e. The van der Waals surface area contributed by atoms with Crippen molar-refractivity contribution in [3.63, 3.8) is 0 Å². The normalized spacial score (nSPS) is 10.5. The van der Waals surface area contributed by atoms with E-state index >= 15 is 0 Å². The number of ether oxygens (including phenoxy) is 1. The molecule has 0 saturated heterocycles. The van der Waals surface area contributed by atoms with E-state index in [1.54, 1.807) is 12.3 Å². The molecule has 0 spiro atoms. The maximum atomic E-state index is 5.48. The number of aromatic amines is 1. The minimum Gasteiger partial charge on any atom is -0.475 e. The lowest BCUT2D eigenvalue weighted by Crippen LogP contribution is -2.08. The van der Waals surface area contributed by atoms with Gasteiger partial charge < -0.3 is 10.1 Å². The van der Waals surface area contributed by atoms with Crippen LogP contribution >= 0.6 is 0 Å². The first kappa shape index (κ1) is 11.4. The van der Waals surface area contributed by atoms with Gasteiger partial charge in [-0.2, -0.15) is 5.10 Å². The predicted molar refractivity (Wildman–Crippen MR) is 63.7 cm³/mol. The number of nitrogens with one attached hydrogen (secondary N) is 2. The Morgan fingerprint density at radius 2 is 2.29 bits per heavy atom. The highest BCUT2D eigenvalue weighted by atomic mass is 16.5. The molecule has 17 heavy (non-hydrogen) atoms. The zero-order chi connectivity index (χ0) is 12.1. The van der Waals surface area contributed by atoms with E-state index in [-0.39, 0.29) is 6.10 Å². The van der Waals surface area contributed by atoms with Gasteiger partial charge in [0.05, 0.1) is 12.3 Å². The van der Waals surface area contributed by atoms with Crippen LogP contribution in [0.5, 0.6) is 5.88 Å². The molecule has 2 rings (SSSR count). The van der Waals surface area contributed by atoms with Crippen LogP contribution in [0.1, 0.15) is 19.4 Å². The Labute approximate surface area is 99.4 Å². The molecule has 0 atom stereocenters. The third kappa shape index (κ3) is 3.44. The van der Waals surface area contributed by atoms with Crippen LogP contribution < -0.4 is 10.1 Å². The molecule has 0 saturated carbocycles. The van der Waals surface area contributed by atoms with Crippen LogP contribution in [0.15, 0.2) is 24.8 Å². The Kier molecular flexibility index (Phi) is 3.54. The quantitative estimate of drug-likeness (QED) is 0.820. The van der Waals surface area contributed by atoms with E-state index in [1.165, 1.54) is 6.33 Å². The highest BCUT2D eigenvalue weighted by Gasteiger charge is 2.02. The van der Waals surface area contributed by atoms with Crippen molar-refractivity contribution in [1.29, 1.82) is 0 Å². The topological polar surface area (TPSA) is 75.7 Å². The van der Waals surface area contributed by atoms with Crippen molar-refractivity contribution in [2.24, 2.45) is 0 Å². The number of aromatic nitrogens is 4. The first-order chi connectivity index (χ1) is 8.24. The fourth-order valence-electron chi connectivity index (χ4n) is 1.31. The highest BCUT2D eigenvalue weighted by molar-refractivity contribution is 5.37. The van der Waals surface area contributed by atoms with E-state index in [9.17, 15) is 0 Å². The predicted octanol–water partition coefficient (Wildman–Crippen LogP) is 1.60. The largest absolute Gasteiger partial charge is 0.475 e. The molecule has 0 aliphatic carbocycles. The fraction of sp³-hybridized carbons (Fsp3) is 0.364. The van der Waals surface area contributed by atoms with Crippen LogP contribution in [0, 0.1) is 0 Å². The van der Waals surface area contributed by atoms with Gasteiger partial charge in [-0.15, -0.1) is 0 Å². The first-order valence-corrected chi connectivity index (χ1v) is 5.44. The van der Waals surface area contributed by atoms with E-state index in [1.807, 2.05) is 20.0 Å². The van der Waals surface area contributed by atoms with E-state index in [0.29, 0.717) is 12.4 Å². The second kappa shape index (κ2) is 5.29. The average molecular weight is 233 g/mol. The van der Waals surface area contributed by atoms with Crippen molar-refractivity contribution in [3.05, 3.63) is 30.4 Å². The van der Waals surface area contributed by atoms with Crippen LogP contribution in [0.3, 0.4) is 0 Å². The van der Waals surface area contributed by atoms with E-state index in [0.717, 1.165) is 11.4 Å². The maximum Gasteiger partial charge on any atom is 0.218 e. The summed E-state index contributed by atoms with van der Waals surface area (Å²) in [7, 11) is 0. The van der Waals surface area contributed by atoms with Crippen molar-refractivity contribution < 1.29 is 4.74 Å². The van der Waals surface area contributed by atoms with Crippen molar-refractivity contribution in [1.82, 2.24) is 20.2 Å². The maximum absolute atomic E-state index is 5.48. The monoisotopic (exact) mass is 233 g/mol. The third-order valence-corrected chi connectivity index (χ3v) is 2.03. The molecule has 0 aliphatic rings. The molecular formula is C11H15N5O. The standard InChI is InChI=1S/C11H15N5O/c1-8(2)17-11-3-10(13-7-14-11)12-4-9-5-15-16-6-9/h3,5-8H,4H2,1-2H3,(H,15,16)(H,12,13,14). The van der Waals surface area contributed by atoms with E-state index in [2.05, 4.69) is 25.5 Å². The van der Waals surface area contributed by atoms with Gasteiger partial charge in [0.15, 0.2) is 0 Å². The summed E-state index contributed by atoms with van der Waals surface area (Å²) in [5.74, 6) is 1.31. The van der Waals surface area contributed by atoms with Crippen molar-refractivity contribution in [2.45, 2.75) is 26.5 Å². The highest BCUT2D eigenvalue weighted by Crippen LogP contribution is 2.13. The SMILES string of the molecule is CC(C)Oc1cc(NCc2cn[nH]c2)ncn1. The number of H-pyrrole nitrogens is 1. The number of anilines is 1. The Morgan fingerprint density at radius 3 is 3.00 bits per heavy atom. The van der Waals surface area contributed by atoms with Crippen molar-refractivity contribution >= 4 is 5.82 Å². The minimum absolute atomic E-state index is 0.103. The van der Waals surface area contributed by atoms with Gasteiger partial charge in [0.2, 0.25) is 5.88 Å². The summed E-state index contributed by atoms with van der Waals surface area (Å²) in [6, 6.07) is 1.78. The molecule has 90 valence electrons. The Morgan fingerprint density at radius 1 is 1.41 bits per heavy atom. The number of hydrogen-bond acceptors (Lipinski definition) is 5. The van der Waals surface area contributed by atoms with Crippen LogP contribution in [-0.4, -0.2) is 26.3 Å². The molecule has 2 N–H and O–H groups in total. The van der Waals surface area contributed by atoms with Gasteiger partial charge in [0.25, 0.3) is 0 Å². The molecule has 0 amide bonds. The molecule has 0 unspecified atom stereocenters. The van der Waals surface area contributed by atoms with Gasteiger partial charge >= 0.3 is 0 Å². The molecule has 0 aromatic carbocycles. The molecule has 0 bridgehead atoms. The molecule has 2 heterocycles. The van der Waals surface area contributed by atoms with Crippen LogP contribution in [-0.2, 0) is 6.54 Å². The molecule has 2 aromatic heterocycles. The molecule has 2 aromatic rings. The molecule has 0 fully saturated rings.